The van der Waals surface area contributed by atoms with Gasteiger partial charge in [0.15, 0.2) is 0 Å². The molecule has 2 aromatic heterocycles. The van der Waals surface area contributed by atoms with Crippen molar-refractivity contribution in [2.45, 2.75) is 24.5 Å². The molecule has 9 heteroatoms. The Morgan fingerprint density at radius 1 is 1.56 bits per heavy atom. The highest BCUT2D eigenvalue weighted by molar-refractivity contribution is 7.89. The predicted octanol–water partition coefficient (Wildman–Crippen LogP) is -0.335. The average Bonchev–Trinajstić information content (AvgIpc) is 3.00. The SMILES string of the molecule is CC(NS(=O)(=O)c1c[nH]c(CO)c1)c1ncn[nH]1. The van der Waals surface area contributed by atoms with E-state index in [0.29, 0.717) is 11.5 Å². The van der Waals surface area contributed by atoms with Crippen molar-refractivity contribution in [3.63, 3.8) is 0 Å². The summed E-state index contributed by atoms with van der Waals surface area (Å²) >= 11 is 0. The summed E-state index contributed by atoms with van der Waals surface area (Å²) in [5, 5.41) is 15.1. The number of aliphatic hydroxyl groups is 1. The molecular formula is C9H13N5O3S. The smallest absolute Gasteiger partial charge is 0.242 e. The largest absolute Gasteiger partial charge is 0.390 e. The lowest BCUT2D eigenvalue weighted by molar-refractivity contribution is 0.277. The van der Waals surface area contributed by atoms with E-state index in [1.54, 1.807) is 6.92 Å². The van der Waals surface area contributed by atoms with Crippen LogP contribution in [-0.4, -0.2) is 33.7 Å². The van der Waals surface area contributed by atoms with Gasteiger partial charge in [0.25, 0.3) is 0 Å². The fraction of sp³-hybridized carbons (Fsp3) is 0.333. The van der Waals surface area contributed by atoms with Crippen molar-refractivity contribution in [3.8, 4) is 0 Å². The molecule has 2 rings (SSSR count). The first-order valence-corrected chi connectivity index (χ1v) is 6.67. The predicted molar refractivity (Wildman–Crippen MR) is 61.8 cm³/mol. The third-order valence-electron chi connectivity index (χ3n) is 2.37. The number of hydrogen-bond acceptors (Lipinski definition) is 5. The maximum absolute atomic E-state index is 12.0. The minimum atomic E-state index is -3.65. The van der Waals surface area contributed by atoms with Gasteiger partial charge in [-0.15, -0.1) is 0 Å². The van der Waals surface area contributed by atoms with Gasteiger partial charge in [0, 0.05) is 11.9 Å². The Bertz CT molecular complexity index is 604. The minimum absolute atomic E-state index is 0.0675. The van der Waals surface area contributed by atoms with Gasteiger partial charge >= 0.3 is 0 Å². The molecule has 0 aliphatic heterocycles. The summed E-state index contributed by atoms with van der Waals surface area (Å²) in [6.07, 6.45) is 2.63. The van der Waals surface area contributed by atoms with E-state index in [1.807, 2.05) is 0 Å². The molecule has 0 amide bonds. The summed E-state index contributed by atoms with van der Waals surface area (Å²) in [6.45, 7) is 1.41. The summed E-state index contributed by atoms with van der Waals surface area (Å²) in [5.74, 6) is 0.427. The molecular weight excluding hydrogens is 258 g/mol. The number of rotatable bonds is 5. The molecule has 98 valence electrons. The van der Waals surface area contributed by atoms with E-state index in [-0.39, 0.29) is 11.5 Å². The van der Waals surface area contributed by atoms with Crippen molar-refractivity contribution >= 4 is 10.0 Å². The normalized spacial score (nSPS) is 13.7. The molecule has 0 aliphatic rings. The Labute approximate surface area is 104 Å². The number of sulfonamides is 1. The van der Waals surface area contributed by atoms with Crippen molar-refractivity contribution in [2.24, 2.45) is 0 Å². The average molecular weight is 271 g/mol. The lowest BCUT2D eigenvalue weighted by atomic mass is 10.3. The fourth-order valence-electron chi connectivity index (χ4n) is 1.45. The maximum atomic E-state index is 12.0. The standard InChI is InChI=1S/C9H13N5O3S/c1-6(9-11-5-12-13-9)14-18(16,17)8-2-7(4-15)10-3-8/h2-3,5-6,10,14-15H,4H2,1H3,(H,11,12,13). The molecule has 18 heavy (non-hydrogen) atoms. The quantitative estimate of drug-likeness (QED) is 0.592. The van der Waals surface area contributed by atoms with Gasteiger partial charge < -0.3 is 10.1 Å². The van der Waals surface area contributed by atoms with Crippen molar-refractivity contribution in [2.75, 3.05) is 0 Å². The van der Waals surface area contributed by atoms with Crippen LogP contribution in [-0.2, 0) is 16.6 Å². The first-order chi connectivity index (χ1) is 8.53. The van der Waals surface area contributed by atoms with Crippen LogP contribution in [0, 0.1) is 0 Å². The molecule has 1 unspecified atom stereocenters. The van der Waals surface area contributed by atoms with Gasteiger partial charge in [-0.1, -0.05) is 0 Å². The maximum Gasteiger partial charge on any atom is 0.242 e. The van der Waals surface area contributed by atoms with Crippen molar-refractivity contribution in [1.29, 1.82) is 0 Å². The van der Waals surface area contributed by atoms with E-state index in [0.717, 1.165) is 0 Å². The van der Waals surface area contributed by atoms with E-state index in [9.17, 15) is 8.42 Å². The number of aromatic amines is 2. The summed E-state index contributed by atoms with van der Waals surface area (Å²) in [6, 6.07) is 0.847. The zero-order valence-electron chi connectivity index (χ0n) is 9.58. The molecule has 0 bridgehead atoms. The van der Waals surface area contributed by atoms with Crippen LogP contribution in [0.2, 0.25) is 0 Å². The van der Waals surface area contributed by atoms with Gasteiger partial charge in [-0.2, -0.15) is 5.10 Å². The summed E-state index contributed by atoms with van der Waals surface area (Å²) in [5.41, 5.74) is 0.433. The number of hydrogen-bond donors (Lipinski definition) is 4. The highest BCUT2D eigenvalue weighted by atomic mass is 32.2. The third-order valence-corrected chi connectivity index (χ3v) is 3.89. The van der Waals surface area contributed by atoms with Gasteiger partial charge in [-0.3, -0.25) is 5.10 Å². The van der Waals surface area contributed by atoms with Gasteiger partial charge in [-0.25, -0.2) is 18.1 Å². The van der Waals surface area contributed by atoms with Gasteiger partial charge in [-0.05, 0) is 13.0 Å². The van der Waals surface area contributed by atoms with Crippen LogP contribution in [0.4, 0.5) is 0 Å². The molecule has 0 spiro atoms. The number of nitrogens with one attached hydrogen (secondary N) is 3. The van der Waals surface area contributed by atoms with Crippen LogP contribution in [0.25, 0.3) is 0 Å². The molecule has 1 atom stereocenters. The number of aliphatic hydroxyl groups excluding tert-OH is 1. The van der Waals surface area contributed by atoms with Crippen molar-refractivity contribution in [1.82, 2.24) is 24.9 Å². The molecule has 0 aromatic carbocycles. The van der Waals surface area contributed by atoms with Crippen LogP contribution in [0.1, 0.15) is 24.5 Å². The van der Waals surface area contributed by atoms with Crippen LogP contribution in [0.15, 0.2) is 23.5 Å². The molecule has 8 nitrogen and oxygen atoms in total. The number of nitrogens with zero attached hydrogens (tertiary/aromatic N) is 2. The van der Waals surface area contributed by atoms with Crippen LogP contribution < -0.4 is 4.72 Å². The monoisotopic (exact) mass is 271 g/mol. The van der Waals surface area contributed by atoms with Gasteiger partial charge in [0.2, 0.25) is 10.0 Å². The zero-order chi connectivity index (χ0) is 13.2. The second kappa shape index (κ2) is 4.88. The first kappa shape index (κ1) is 12.7. The molecule has 2 aromatic rings. The zero-order valence-corrected chi connectivity index (χ0v) is 10.4. The minimum Gasteiger partial charge on any atom is -0.390 e. The third kappa shape index (κ3) is 2.58. The topological polar surface area (TPSA) is 124 Å². The van der Waals surface area contributed by atoms with E-state index in [4.69, 9.17) is 5.11 Å². The highest BCUT2D eigenvalue weighted by Gasteiger charge is 2.20. The Balaban J connectivity index is 2.17. The summed E-state index contributed by atoms with van der Waals surface area (Å²) in [4.78, 5) is 6.61. The van der Waals surface area contributed by atoms with E-state index < -0.39 is 16.1 Å². The molecule has 0 saturated carbocycles. The summed E-state index contributed by atoms with van der Waals surface area (Å²) in [7, 11) is -3.65. The molecule has 0 fully saturated rings. The lowest BCUT2D eigenvalue weighted by Gasteiger charge is -2.10. The Morgan fingerprint density at radius 3 is 2.89 bits per heavy atom. The van der Waals surface area contributed by atoms with Gasteiger partial charge in [0.1, 0.15) is 12.2 Å². The Hall–Kier alpha value is -1.71. The number of aromatic nitrogens is 4. The van der Waals surface area contributed by atoms with Crippen LogP contribution in [0.3, 0.4) is 0 Å². The van der Waals surface area contributed by atoms with Crippen molar-refractivity contribution in [3.05, 3.63) is 30.1 Å². The van der Waals surface area contributed by atoms with E-state index >= 15 is 0 Å². The second-order valence-electron chi connectivity index (χ2n) is 3.73. The first-order valence-electron chi connectivity index (χ1n) is 5.18. The van der Waals surface area contributed by atoms with Gasteiger partial charge in [0.05, 0.1) is 17.5 Å². The highest BCUT2D eigenvalue weighted by Crippen LogP contribution is 2.14. The molecule has 0 radical (unpaired) electrons. The Morgan fingerprint density at radius 2 is 2.33 bits per heavy atom. The lowest BCUT2D eigenvalue weighted by Crippen LogP contribution is -2.27. The molecule has 4 N–H and O–H groups in total. The molecule has 2 heterocycles. The van der Waals surface area contributed by atoms with Crippen LogP contribution >= 0.6 is 0 Å². The molecule has 0 saturated heterocycles. The Kier molecular flexibility index (Phi) is 3.45. The second-order valence-corrected chi connectivity index (χ2v) is 5.45. The van der Waals surface area contributed by atoms with E-state index in [2.05, 4.69) is 24.9 Å². The molecule has 0 aliphatic carbocycles. The fourth-order valence-corrected chi connectivity index (χ4v) is 2.67. The number of H-pyrrole nitrogens is 2. The summed E-state index contributed by atoms with van der Waals surface area (Å²) < 4.78 is 26.4. The van der Waals surface area contributed by atoms with Crippen molar-refractivity contribution < 1.29 is 13.5 Å². The van der Waals surface area contributed by atoms with Crippen LogP contribution in [0.5, 0.6) is 0 Å². The van der Waals surface area contributed by atoms with E-state index in [1.165, 1.54) is 18.6 Å².